The lowest BCUT2D eigenvalue weighted by molar-refractivity contribution is -0.140. The predicted octanol–water partition coefficient (Wildman–Crippen LogP) is 4.41. The Morgan fingerprint density at radius 2 is 1.47 bits per heavy atom. The SMILES string of the molecule is CCCOc1ccc(C(O)=C2C(=O)C(=O)N(CCCN3CCOCC3)C2c2ccc(OCCC)cc2)cc1. The van der Waals surface area contributed by atoms with Gasteiger partial charge >= 0.3 is 0 Å². The molecule has 2 heterocycles. The quantitative estimate of drug-likeness (QED) is 0.251. The van der Waals surface area contributed by atoms with E-state index in [4.69, 9.17) is 14.2 Å². The van der Waals surface area contributed by atoms with Gasteiger partial charge in [0.05, 0.1) is 38.0 Å². The van der Waals surface area contributed by atoms with Crippen molar-refractivity contribution in [1.29, 1.82) is 0 Å². The highest BCUT2D eigenvalue weighted by molar-refractivity contribution is 6.46. The summed E-state index contributed by atoms with van der Waals surface area (Å²) >= 11 is 0. The highest BCUT2D eigenvalue weighted by Gasteiger charge is 2.45. The summed E-state index contributed by atoms with van der Waals surface area (Å²) in [4.78, 5) is 30.5. The molecule has 1 amide bonds. The average molecular weight is 523 g/mol. The lowest BCUT2D eigenvalue weighted by atomic mass is 9.95. The van der Waals surface area contributed by atoms with Crippen molar-refractivity contribution in [2.24, 2.45) is 0 Å². The Hall–Kier alpha value is -3.36. The Morgan fingerprint density at radius 1 is 0.895 bits per heavy atom. The zero-order valence-corrected chi connectivity index (χ0v) is 22.4. The number of aliphatic hydroxyl groups excluding tert-OH is 1. The van der Waals surface area contributed by atoms with E-state index in [2.05, 4.69) is 4.90 Å². The molecule has 38 heavy (non-hydrogen) atoms. The molecular formula is C30H38N2O6. The first-order valence-electron chi connectivity index (χ1n) is 13.6. The van der Waals surface area contributed by atoms with Gasteiger partial charge in [0.2, 0.25) is 0 Å². The molecule has 4 rings (SSSR count). The number of ether oxygens (including phenoxy) is 3. The molecule has 1 N–H and O–H groups in total. The third-order valence-electron chi connectivity index (χ3n) is 6.79. The number of nitrogens with zero attached hydrogens (tertiary/aromatic N) is 2. The Bertz CT molecular complexity index is 1110. The summed E-state index contributed by atoms with van der Waals surface area (Å²) in [6.45, 7) is 9.63. The smallest absolute Gasteiger partial charge is 0.295 e. The first-order chi connectivity index (χ1) is 18.5. The maximum Gasteiger partial charge on any atom is 0.295 e. The molecule has 204 valence electrons. The van der Waals surface area contributed by atoms with Crippen molar-refractivity contribution in [3.8, 4) is 11.5 Å². The summed E-state index contributed by atoms with van der Waals surface area (Å²) in [7, 11) is 0. The molecule has 0 radical (unpaired) electrons. The number of morpholine rings is 1. The third kappa shape index (κ3) is 6.55. The molecule has 8 heteroatoms. The fraction of sp³-hybridized carbons (Fsp3) is 0.467. The number of Topliss-reactive ketones (excluding diaryl/α,β-unsaturated/α-hetero) is 1. The zero-order chi connectivity index (χ0) is 26.9. The molecule has 2 fully saturated rings. The van der Waals surface area contributed by atoms with Crippen LogP contribution in [0.4, 0.5) is 0 Å². The molecule has 2 aliphatic rings. The zero-order valence-electron chi connectivity index (χ0n) is 22.4. The van der Waals surface area contributed by atoms with Gasteiger partial charge in [-0.15, -0.1) is 0 Å². The maximum absolute atomic E-state index is 13.3. The molecule has 1 atom stereocenters. The van der Waals surface area contributed by atoms with Crippen molar-refractivity contribution >= 4 is 17.4 Å². The van der Waals surface area contributed by atoms with Crippen LogP contribution < -0.4 is 9.47 Å². The summed E-state index contributed by atoms with van der Waals surface area (Å²) < 4.78 is 16.8. The molecule has 0 aromatic heterocycles. The first-order valence-corrected chi connectivity index (χ1v) is 13.6. The van der Waals surface area contributed by atoms with Crippen molar-refractivity contribution in [1.82, 2.24) is 9.80 Å². The lowest BCUT2D eigenvalue weighted by Gasteiger charge is -2.29. The Kier molecular flexibility index (Phi) is 9.79. The normalized spacial score (nSPS) is 19.6. The van der Waals surface area contributed by atoms with Crippen molar-refractivity contribution in [2.75, 3.05) is 52.6 Å². The number of benzene rings is 2. The minimum Gasteiger partial charge on any atom is -0.507 e. The Balaban J connectivity index is 1.63. The molecule has 2 saturated heterocycles. The van der Waals surface area contributed by atoms with Gasteiger partial charge in [0.25, 0.3) is 11.7 Å². The van der Waals surface area contributed by atoms with E-state index < -0.39 is 17.7 Å². The summed E-state index contributed by atoms with van der Waals surface area (Å²) in [6, 6.07) is 13.7. The molecule has 1 unspecified atom stereocenters. The molecule has 8 nitrogen and oxygen atoms in total. The number of hydrogen-bond acceptors (Lipinski definition) is 7. The van der Waals surface area contributed by atoms with Gasteiger partial charge in [0, 0.05) is 31.7 Å². The number of rotatable bonds is 12. The van der Waals surface area contributed by atoms with E-state index in [9.17, 15) is 14.7 Å². The monoisotopic (exact) mass is 522 g/mol. The van der Waals surface area contributed by atoms with Crippen LogP contribution >= 0.6 is 0 Å². The third-order valence-corrected chi connectivity index (χ3v) is 6.79. The predicted molar refractivity (Wildman–Crippen MR) is 145 cm³/mol. The first kappa shape index (κ1) is 27.7. The molecule has 2 aliphatic heterocycles. The van der Waals surface area contributed by atoms with Crippen LogP contribution in [0.5, 0.6) is 11.5 Å². The fourth-order valence-corrected chi connectivity index (χ4v) is 4.80. The Labute approximate surface area is 224 Å². The maximum atomic E-state index is 13.3. The number of amides is 1. The summed E-state index contributed by atoms with van der Waals surface area (Å²) in [5.74, 6) is -0.0321. The van der Waals surface area contributed by atoms with Gasteiger partial charge in [-0.3, -0.25) is 14.5 Å². The highest BCUT2D eigenvalue weighted by atomic mass is 16.5. The minimum atomic E-state index is -0.684. The second kappa shape index (κ2) is 13.4. The lowest BCUT2D eigenvalue weighted by Crippen LogP contribution is -2.38. The number of hydrogen-bond donors (Lipinski definition) is 1. The Morgan fingerprint density at radius 3 is 2.05 bits per heavy atom. The van der Waals surface area contributed by atoms with E-state index in [-0.39, 0.29) is 11.3 Å². The summed E-state index contributed by atoms with van der Waals surface area (Å²) in [5.41, 5.74) is 1.32. The summed E-state index contributed by atoms with van der Waals surface area (Å²) in [6.07, 6.45) is 2.50. The molecule has 0 spiro atoms. The minimum absolute atomic E-state index is 0.103. The number of aliphatic hydroxyl groups is 1. The van der Waals surface area contributed by atoms with Crippen LogP contribution in [-0.2, 0) is 14.3 Å². The number of carbonyl (C=O) groups is 2. The number of carbonyl (C=O) groups excluding carboxylic acids is 2. The molecule has 0 aliphatic carbocycles. The van der Waals surface area contributed by atoms with Crippen molar-refractivity contribution in [2.45, 2.75) is 39.2 Å². The van der Waals surface area contributed by atoms with E-state index in [0.29, 0.717) is 50.7 Å². The van der Waals surface area contributed by atoms with Crippen molar-refractivity contribution in [3.05, 3.63) is 65.2 Å². The topological polar surface area (TPSA) is 88.5 Å². The molecule has 2 aromatic carbocycles. The van der Waals surface area contributed by atoms with E-state index >= 15 is 0 Å². The van der Waals surface area contributed by atoms with E-state index in [1.807, 2.05) is 38.1 Å². The summed E-state index contributed by atoms with van der Waals surface area (Å²) in [5, 5.41) is 11.3. The molecule has 2 aromatic rings. The van der Waals surface area contributed by atoms with E-state index in [1.54, 1.807) is 29.2 Å². The standard InChI is InChI=1S/C30H38N2O6/c1-3-18-37-24-10-6-22(7-11-24)27-26(28(33)23-8-12-25(13-9-23)38-19-4-2)29(34)30(35)32(27)15-5-14-31-16-20-36-21-17-31/h6-13,27,33H,3-5,14-21H2,1-2H3. The van der Waals surface area contributed by atoms with Gasteiger partial charge in [0.1, 0.15) is 17.3 Å². The van der Waals surface area contributed by atoms with Crippen LogP contribution in [0, 0.1) is 0 Å². The number of ketones is 1. The van der Waals surface area contributed by atoms with Crippen LogP contribution in [0.3, 0.4) is 0 Å². The number of likely N-dealkylation sites (tertiary alicyclic amines) is 1. The van der Waals surface area contributed by atoms with Gasteiger partial charge in [-0.25, -0.2) is 0 Å². The second-order valence-electron chi connectivity index (χ2n) is 9.59. The van der Waals surface area contributed by atoms with Crippen LogP contribution in [0.25, 0.3) is 5.76 Å². The van der Waals surface area contributed by atoms with Crippen molar-refractivity contribution < 1.29 is 28.9 Å². The average Bonchev–Trinajstić information content (AvgIpc) is 3.21. The van der Waals surface area contributed by atoms with Crippen LogP contribution in [-0.4, -0.2) is 79.2 Å². The highest BCUT2D eigenvalue weighted by Crippen LogP contribution is 2.40. The van der Waals surface area contributed by atoms with Crippen LogP contribution in [0.2, 0.25) is 0 Å². The van der Waals surface area contributed by atoms with Crippen LogP contribution in [0.1, 0.15) is 50.3 Å². The van der Waals surface area contributed by atoms with E-state index in [1.165, 1.54) is 0 Å². The van der Waals surface area contributed by atoms with Gasteiger partial charge in [0.15, 0.2) is 0 Å². The van der Waals surface area contributed by atoms with E-state index in [0.717, 1.165) is 43.8 Å². The molecule has 0 bridgehead atoms. The van der Waals surface area contributed by atoms with Gasteiger partial charge in [-0.1, -0.05) is 26.0 Å². The fourth-order valence-electron chi connectivity index (χ4n) is 4.80. The van der Waals surface area contributed by atoms with Gasteiger partial charge < -0.3 is 24.2 Å². The second-order valence-corrected chi connectivity index (χ2v) is 9.59. The van der Waals surface area contributed by atoms with Gasteiger partial charge in [-0.2, -0.15) is 0 Å². The van der Waals surface area contributed by atoms with Gasteiger partial charge in [-0.05, 0) is 61.2 Å². The molecule has 0 saturated carbocycles. The van der Waals surface area contributed by atoms with Crippen molar-refractivity contribution in [3.63, 3.8) is 0 Å². The van der Waals surface area contributed by atoms with Crippen LogP contribution in [0.15, 0.2) is 54.1 Å². The largest absolute Gasteiger partial charge is 0.507 e. The molecular weight excluding hydrogens is 484 g/mol.